The number of amides is 1. The molecule has 1 aromatic heterocycles. The molecule has 2 atom stereocenters. The molecule has 0 aliphatic carbocycles. The lowest BCUT2D eigenvalue weighted by Gasteiger charge is -2.23. The van der Waals surface area contributed by atoms with Gasteiger partial charge in [0.05, 0.1) is 6.04 Å². The van der Waals surface area contributed by atoms with Gasteiger partial charge in [-0.2, -0.15) is 0 Å². The minimum Gasteiger partial charge on any atom is -0.480 e. The number of hydrogen-bond donors (Lipinski definition) is 3. The number of nitrogens with two attached hydrogens (primary N) is 1. The second-order valence-electron chi connectivity index (χ2n) is 7.15. The third-order valence-electron chi connectivity index (χ3n) is 4.90. The normalized spacial score (nSPS) is 13.5. The Hall–Kier alpha value is -3.71. The van der Waals surface area contributed by atoms with Crippen LogP contribution in [0.15, 0.2) is 89.9 Å². The van der Waals surface area contributed by atoms with Gasteiger partial charge >= 0.3 is 5.97 Å². The second kappa shape index (κ2) is 12.2. The number of aliphatic carboxylic acids is 1. The van der Waals surface area contributed by atoms with Crippen LogP contribution in [-0.2, 0) is 4.79 Å². The quantitative estimate of drug-likeness (QED) is 0.469. The summed E-state index contributed by atoms with van der Waals surface area (Å²) in [5.41, 5.74) is 6.45. The van der Waals surface area contributed by atoms with Gasteiger partial charge < -0.3 is 20.7 Å². The first-order valence-corrected chi connectivity index (χ1v) is 10.4. The molecule has 0 fully saturated rings. The molecule has 0 saturated carbocycles. The first-order chi connectivity index (χ1) is 15.4. The lowest BCUT2D eigenvalue weighted by atomic mass is 9.97. The maximum atomic E-state index is 13.4. The second-order valence-corrected chi connectivity index (χ2v) is 7.15. The van der Waals surface area contributed by atoms with E-state index in [4.69, 9.17) is 5.73 Å². The van der Waals surface area contributed by atoms with Crippen molar-refractivity contribution >= 4 is 11.9 Å². The van der Waals surface area contributed by atoms with Gasteiger partial charge in [0.2, 0.25) is 0 Å². The van der Waals surface area contributed by atoms with Crippen molar-refractivity contribution in [2.24, 2.45) is 5.73 Å². The summed E-state index contributed by atoms with van der Waals surface area (Å²) in [6.45, 7) is 5.95. The third kappa shape index (κ3) is 6.15. The van der Waals surface area contributed by atoms with Crippen molar-refractivity contribution < 1.29 is 14.7 Å². The highest BCUT2D eigenvalue weighted by atomic mass is 16.4. The van der Waals surface area contributed by atoms with E-state index in [1.54, 1.807) is 18.3 Å². The van der Waals surface area contributed by atoms with Gasteiger partial charge in [-0.05, 0) is 49.6 Å². The topological polar surface area (TPSA) is 114 Å². The molecule has 4 N–H and O–H groups in total. The van der Waals surface area contributed by atoms with Gasteiger partial charge in [0, 0.05) is 6.20 Å². The van der Waals surface area contributed by atoms with E-state index in [-0.39, 0.29) is 12.0 Å². The zero-order chi connectivity index (χ0) is 23.5. The minimum absolute atomic E-state index is 0.133. The van der Waals surface area contributed by atoms with E-state index >= 15 is 0 Å². The number of allylic oxidation sites excluding steroid dienone is 5. The zero-order valence-electron chi connectivity index (χ0n) is 18.1. The van der Waals surface area contributed by atoms with Crippen LogP contribution in [0.25, 0.3) is 0 Å². The van der Waals surface area contributed by atoms with Gasteiger partial charge in [-0.3, -0.25) is 9.59 Å². The summed E-state index contributed by atoms with van der Waals surface area (Å²) >= 11 is 0. The van der Waals surface area contributed by atoms with Crippen LogP contribution < -0.4 is 16.6 Å². The van der Waals surface area contributed by atoms with Crippen molar-refractivity contribution in [3.05, 3.63) is 107 Å². The maximum absolute atomic E-state index is 13.4. The molecule has 0 aliphatic heterocycles. The summed E-state index contributed by atoms with van der Waals surface area (Å²) in [4.78, 5) is 37.7. The molecule has 7 heteroatoms. The molecular formula is C25H29N3O4. The van der Waals surface area contributed by atoms with Crippen molar-refractivity contribution in [1.29, 1.82) is 0 Å². The summed E-state index contributed by atoms with van der Waals surface area (Å²) in [7, 11) is 0. The molecule has 168 valence electrons. The molecule has 32 heavy (non-hydrogen) atoms. The van der Waals surface area contributed by atoms with Gasteiger partial charge in [-0.25, -0.2) is 4.79 Å². The van der Waals surface area contributed by atoms with Crippen molar-refractivity contribution in [2.75, 3.05) is 6.54 Å². The monoisotopic (exact) mass is 435 g/mol. The Balaban J connectivity index is 2.54. The maximum Gasteiger partial charge on any atom is 0.326 e. The Morgan fingerprint density at radius 3 is 2.53 bits per heavy atom. The molecule has 1 amide bonds. The molecule has 0 spiro atoms. The fourth-order valence-electron chi connectivity index (χ4n) is 3.42. The minimum atomic E-state index is -1.17. The number of carboxylic acids is 1. The Kier molecular flexibility index (Phi) is 9.38. The smallest absolute Gasteiger partial charge is 0.326 e. The summed E-state index contributed by atoms with van der Waals surface area (Å²) in [5, 5.41) is 11.8. The number of pyridine rings is 1. The van der Waals surface area contributed by atoms with Crippen molar-refractivity contribution in [3.63, 3.8) is 0 Å². The molecule has 7 nitrogen and oxygen atoms in total. The van der Waals surface area contributed by atoms with Crippen LogP contribution in [0, 0.1) is 0 Å². The number of carboxylic acid groups (broad SMARTS) is 1. The van der Waals surface area contributed by atoms with Crippen LogP contribution in [0.4, 0.5) is 0 Å². The van der Waals surface area contributed by atoms with E-state index < -0.39 is 29.5 Å². The zero-order valence-corrected chi connectivity index (χ0v) is 18.1. The molecule has 2 unspecified atom stereocenters. The van der Waals surface area contributed by atoms with E-state index in [2.05, 4.69) is 11.9 Å². The van der Waals surface area contributed by atoms with E-state index in [0.29, 0.717) is 13.0 Å². The Morgan fingerprint density at radius 1 is 1.22 bits per heavy atom. The molecule has 0 saturated heterocycles. The molecule has 2 rings (SSSR count). The van der Waals surface area contributed by atoms with Crippen LogP contribution >= 0.6 is 0 Å². The molecule has 0 radical (unpaired) electrons. The van der Waals surface area contributed by atoms with Gasteiger partial charge in [0.1, 0.15) is 11.6 Å². The molecule has 1 heterocycles. The number of hydrogen-bond acceptors (Lipinski definition) is 4. The van der Waals surface area contributed by atoms with Crippen LogP contribution in [0.2, 0.25) is 0 Å². The summed E-state index contributed by atoms with van der Waals surface area (Å²) < 4.78 is 1.47. The van der Waals surface area contributed by atoms with E-state index in [0.717, 1.165) is 11.1 Å². The largest absolute Gasteiger partial charge is 0.480 e. The predicted molar refractivity (Wildman–Crippen MR) is 126 cm³/mol. The molecule has 0 aliphatic rings. The predicted octanol–water partition coefficient (Wildman–Crippen LogP) is 3.05. The number of nitrogens with zero attached hydrogens (tertiary/aromatic N) is 1. The fraction of sp³-hybridized carbons (Fsp3) is 0.240. The average molecular weight is 436 g/mol. The van der Waals surface area contributed by atoms with Crippen LogP contribution in [0.1, 0.15) is 41.7 Å². The van der Waals surface area contributed by atoms with Crippen molar-refractivity contribution in [1.82, 2.24) is 9.88 Å². The van der Waals surface area contributed by atoms with E-state index in [1.807, 2.05) is 55.5 Å². The first kappa shape index (κ1) is 24.6. The first-order valence-electron chi connectivity index (χ1n) is 10.4. The lowest BCUT2D eigenvalue weighted by molar-refractivity contribution is -0.139. The van der Waals surface area contributed by atoms with Gasteiger partial charge in [0.25, 0.3) is 11.5 Å². The Morgan fingerprint density at radius 2 is 1.94 bits per heavy atom. The third-order valence-corrected chi connectivity index (χ3v) is 4.90. The number of rotatable bonds is 11. The molecular weight excluding hydrogens is 406 g/mol. The van der Waals surface area contributed by atoms with E-state index in [9.17, 15) is 19.5 Å². The molecule has 2 aromatic rings. The highest BCUT2D eigenvalue weighted by molar-refractivity contribution is 5.96. The SMILES string of the molecule is C=C/C=C(\C=C/C)C(c1ccccc1)n1cccc(C(=O)NC(CCCN)C(=O)O)c1=O. The number of nitrogens with one attached hydrogen (secondary N) is 1. The van der Waals surface area contributed by atoms with Gasteiger partial charge in [-0.1, -0.05) is 61.2 Å². The number of benzene rings is 1. The average Bonchev–Trinajstić information content (AvgIpc) is 2.78. The number of aromatic nitrogens is 1. The standard InChI is InChI=1S/C25H29N3O4/c1-3-10-18(11-4-2)22(19-12-6-5-7-13-19)28-17-9-14-20(24(28)30)23(29)27-21(25(31)32)15-8-16-26/h3-7,9-14,17,21-22H,1,8,15-16,26H2,2H3,(H,27,29)(H,31,32)/b11-4-,18-10+. The van der Waals surface area contributed by atoms with Crippen LogP contribution in [0.5, 0.6) is 0 Å². The van der Waals surface area contributed by atoms with Gasteiger partial charge in [-0.15, -0.1) is 0 Å². The van der Waals surface area contributed by atoms with Gasteiger partial charge in [0.15, 0.2) is 0 Å². The summed E-state index contributed by atoms with van der Waals surface area (Å²) in [6, 6.07) is 10.8. The highest BCUT2D eigenvalue weighted by Gasteiger charge is 2.24. The Bertz CT molecular complexity index is 1050. The Labute approximate surface area is 187 Å². The molecule has 1 aromatic carbocycles. The van der Waals surface area contributed by atoms with Crippen LogP contribution in [0.3, 0.4) is 0 Å². The highest BCUT2D eigenvalue weighted by Crippen LogP contribution is 2.26. The number of carbonyl (C=O) groups excluding carboxylic acids is 1. The van der Waals surface area contributed by atoms with Crippen molar-refractivity contribution in [2.45, 2.75) is 31.8 Å². The lowest BCUT2D eigenvalue weighted by Crippen LogP contribution is -2.43. The van der Waals surface area contributed by atoms with Crippen molar-refractivity contribution in [3.8, 4) is 0 Å². The van der Waals surface area contributed by atoms with E-state index in [1.165, 1.54) is 10.6 Å². The fourth-order valence-corrected chi connectivity index (χ4v) is 3.42. The number of carbonyl (C=O) groups is 2. The summed E-state index contributed by atoms with van der Waals surface area (Å²) in [6.07, 6.45) is 9.42. The summed E-state index contributed by atoms with van der Waals surface area (Å²) in [5.74, 6) is -1.91. The molecule has 0 bridgehead atoms. The van der Waals surface area contributed by atoms with Crippen LogP contribution in [-0.4, -0.2) is 34.1 Å².